The van der Waals surface area contributed by atoms with Crippen LogP contribution in [0.25, 0.3) is 0 Å². The van der Waals surface area contributed by atoms with Crippen LogP contribution in [0.15, 0.2) is 91.5 Å². The molecule has 0 aliphatic carbocycles. The van der Waals surface area contributed by atoms with Gasteiger partial charge in [-0.3, -0.25) is 14.8 Å². The van der Waals surface area contributed by atoms with Crippen molar-refractivity contribution >= 4 is 34.6 Å². The molecule has 1 aromatic carbocycles. The summed E-state index contributed by atoms with van der Waals surface area (Å²) in [6, 6.07) is 21.4. The van der Waals surface area contributed by atoms with E-state index >= 15 is 0 Å². The van der Waals surface area contributed by atoms with Gasteiger partial charge in [-0.05, 0) is 72.4 Å². The number of rotatable bonds is 8. The molecule has 1 amide bonds. The summed E-state index contributed by atoms with van der Waals surface area (Å²) in [5, 5.41) is 6.94. The van der Waals surface area contributed by atoms with Crippen molar-refractivity contribution in [2.75, 3.05) is 23.9 Å². The van der Waals surface area contributed by atoms with E-state index in [2.05, 4.69) is 54.5 Å². The molecule has 8 nitrogen and oxygen atoms in total. The first-order chi connectivity index (χ1) is 17.6. The molecule has 2 N–H and O–H groups in total. The van der Waals surface area contributed by atoms with Crippen molar-refractivity contribution in [1.82, 2.24) is 19.9 Å². The summed E-state index contributed by atoms with van der Waals surface area (Å²) in [4.78, 5) is 22.9. The van der Waals surface area contributed by atoms with E-state index < -0.39 is 0 Å². The molecule has 5 rings (SSSR count). The summed E-state index contributed by atoms with van der Waals surface area (Å²) in [6.07, 6.45) is 7.53. The van der Waals surface area contributed by atoms with Crippen LogP contribution >= 0.6 is 12.2 Å². The number of anilines is 2. The third-order valence-corrected chi connectivity index (χ3v) is 6.36. The standard InChI is InChI=1S/C27H26N6O2S/c1-35-18-24(34)30-20-9-11-21(12-10-20)33-26(25(31-27(33)36)22-7-2-3-14-29-22)23-8-5-15-32(23)17-19-6-4-13-28-16-19/h2-16,25-26H,17-18H2,1H3,(H,30,34)(H,31,36)/t25-,26-/m0/s1. The second-order valence-electron chi connectivity index (χ2n) is 8.45. The average molecular weight is 499 g/mol. The van der Waals surface area contributed by atoms with Crippen LogP contribution in [0.1, 0.15) is 29.0 Å². The highest BCUT2D eigenvalue weighted by atomic mass is 32.1. The Kier molecular flexibility index (Phi) is 7.01. The summed E-state index contributed by atoms with van der Waals surface area (Å²) in [5.74, 6) is -0.204. The molecule has 0 unspecified atom stereocenters. The maximum absolute atomic E-state index is 11.9. The smallest absolute Gasteiger partial charge is 0.250 e. The SMILES string of the molecule is COCC(=O)Nc1ccc(N2C(=S)N[C@@H](c3ccccn3)[C@@H]2c2cccn2Cc2cccnc2)cc1. The Morgan fingerprint density at radius 1 is 1.08 bits per heavy atom. The van der Waals surface area contributed by atoms with Crippen LogP contribution in [0.4, 0.5) is 11.4 Å². The largest absolute Gasteiger partial charge is 0.375 e. The van der Waals surface area contributed by atoms with Gasteiger partial charge in [-0.1, -0.05) is 12.1 Å². The number of nitrogens with one attached hydrogen (secondary N) is 2. The molecule has 9 heteroatoms. The molecule has 0 spiro atoms. The lowest BCUT2D eigenvalue weighted by Crippen LogP contribution is -2.30. The summed E-state index contributed by atoms with van der Waals surface area (Å²) in [5.41, 5.74) is 4.72. The number of nitrogens with zero attached hydrogens (tertiary/aromatic N) is 4. The number of ether oxygens (including phenoxy) is 1. The van der Waals surface area contributed by atoms with E-state index in [4.69, 9.17) is 17.0 Å². The van der Waals surface area contributed by atoms with Crippen LogP contribution in [0.5, 0.6) is 0 Å². The minimum atomic E-state index is -0.204. The molecule has 1 aliphatic heterocycles. The van der Waals surface area contributed by atoms with E-state index in [0.717, 1.165) is 22.6 Å². The summed E-state index contributed by atoms with van der Waals surface area (Å²) < 4.78 is 7.12. The topological polar surface area (TPSA) is 84.3 Å². The van der Waals surface area contributed by atoms with Crippen LogP contribution < -0.4 is 15.5 Å². The molecular formula is C27H26N6O2S. The normalized spacial score (nSPS) is 17.1. The number of pyridine rings is 2. The number of thiocarbonyl (C=S) groups is 1. The van der Waals surface area contributed by atoms with Crippen molar-refractivity contribution < 1.29 is 9.53 Å². The van der Waals surface area contributed by atoms with Gasteiger partial charge in [-0.25, -0.2) is 0 Å². The molecule has 36 heavy (non-hydrogen) atoms. The van der Waals surface area contributed by atoms with Gasteiger partial charge in [0.25, 0.3) is 0 Å². The number of methoxy groups -OCH3 is 1. The maximum Gasteiger partial charge on any atom is 0.250 e. The monoisotopic (exact) mass is 498 g/mol. The molecule has 1 aliphatic rings. The summed E-state index contributed by atoms with van der Waals surface area (Å²) in [6.45, 7) is 0.691. The number of benzene rings is 1. The molecule has 4 aromatic rings. The lowest BCUT2D eigenvalue weighted by Gasteiger charge is -2.29. The molecule has 2 atom stereocenters. The van der Waals surface area contributed by atoms with Gasteiger partial charge in [0, 0.05) is 55.5 Å². The van der Waals surface area contributed by atoms with E-state index in [1.165, 1.54) is 7.11 Å². The minimum Gasteiger partial charge on any atom is -0.375 e. The first kappa shape index (κ1) is 23.7. The van der Waals surface area contributed by atoms with Gasteiger partial charge in [0.2, 0.25) is 5.91 Å². The number of hydrogen-bond acceptors (Lipinski definition) is 5. The first-order valence-corrected chi connectivity index (χ1v) is 12.0. The van der Waals surface area contributed by atoms with E-state index in [0.29, 0.717) is 17.3 Å². The molecular weight excluding hydrogens is 472 g/mol. The van der Waals surface area contributed by atoms with Crippen LogP contribution in [-0.2, 0) is 16.1 Å². The zero-order chi connectivity index (χ0) is 24.9. The van der Waals surface area contributed by atoms with Gasteiger partial charge < -0.3 is 24.8 Å². The number of hydrogen-bond donors (Lipinski definition) is 2. The summed E-state index contributed by atoms with van der Waals surface area (Å²) >= 11 is 5.84. The summed E-state index contributed by atoms with van der Waals surface area (Å²) in [7, 11) is 1.49. The number of carbonyl (C=O) groups excluding carboxylic acids is 1. The van der Waals surface area contributed by atoms with Crippen molar-refractivity contribution in [2.45, 2.75) is 18.6 Å². The van der Waals surface area contributed by atoms with E-state index in [-0.39, 0.29) is 24.6 Å². The zero-order valence-electron chi connectivity index (χ0n) is 19.7. The van der Waals surface area contributed by atoms with Crippen molar-refractivity contribution in [3.05, 3.63) is 108 Å². The molecule has 0 bridgehead atoms. The van der Waals surface area contributed by atoms with Crippen LogP contribution in [0.2, 0.25) is 0 Å². The number of aromatic nitrogens is 3. The van der Waals surface area contributed by atoms with Gasteiger partial charge in [0.05, 0.1) is 11.7 Å². The highest BCUT2D eigenvalue weighted by Crippen LogP contribution is 2.42. The van der Waals surface area contributed by atoms with Crippen LogP contribution in [-0.4, -0.2) is 39.3 Å². The van der Waals surface area contributed by atoms with Crippen molar-refractivity contribution in [2.24, 2.45) is 0 Å². The Bertz CT molecular complexity index is 1330. The second-order valence-corrected chi connectivity index (χ2v) is 8.83. The van der Waals surface area contributed by atoms with Gasteiger partial charge in [-0.2, -0.15) is 0 Å². The van der Waals surface area contributed by atoms with Crippen molar-refractivity contribution in [1.29, 1.82) is 0 Å². The lowest BCUT2D eigenvalue weighted by atomic mass is 10.0. The molecule has 182 valence electrons. The molecule has 0 radical (unpaired) electrons. The fourth-order valence-corrected chi connectivity index (χ4v) is 4.84. The van der Waals surface area contributed by atoms with Crippen LogP contribution in [0, 0.1) is 0 Å². The number of carbonyl (C=O) groups is 1. The fraction of sp³-hybridized carbons (Fsp3) is 0.185. The quantitative estimate of drug-likeness (QED) is 0.354. The predicted molar refractivity (Wildman–Crippen MR) is 143 cm³/mol. The highest BCUT2D eigenvalue weighted by molar-refractivity contribution is 7.80. The van der Waals surface area contributed by atoms with Gasteiger partial charge in [0.15, 0.2) is 5.11 Å². The Morgan fingerprint density at radius 3 is 2.67 bits per heavy atom. The van der Waals surface area contributed by atoms with Crippen molar-refractivity contribution in [3.63, 3.8) is 0 Å². The van der Waals surface area contributed by atoms with Gasteiger partial charge >= 0.3 is 0 Å². The molecule has 1 fully saturated rings. The first-order valence-electron chi connectivity index (χ1n) is 11.6. The molecule has 4 heterocycles. The van der Waals surface area contributed by atoms with Crippen molar-refractivity contribution in [3.8, 4) is 0 Å². The molecule has 1 saturated heterocycles. The third-order valence-electron chi connectivity index (χ3n) is 6.05. The fourth-order valence-electron chi connectivity index (χ4n) is 4.50. The molecule has 0 saturated carbocycles. The van der Waals surface area contributed by atoms with Gasteiger partial charge in [-0.15, -0.1) is 0 Å². The van der Waals surface area contributed by atoms with E-state index in [1.807, 2.05) is 54.7 Å². The number of amides is 1. The lowest BCUT2D eigenvalue weighted by molar-refractivity contribution is -0.119. The van der Waals surface area contributed by atoms with E-state index in [1.54, 1.807) is 12.4 Å². The molecule has 3 aromatic heterocycles. The van der Waals surface area contributed by atoms with E-state index in [9.17, 15) is 4.79 Å². The highest BCUT2D eigenvalue weighted by Gasteiger charge is 2.42. The minimum absolute atomic E-state index is 0.00361. The Morgan fingerprint density at radius 2 is 1.94 bits per heavy atom. The maximum atomic E-state index is 11.9. The van der Waals surface area contributed by atoms with Crippen LogP contribution in [0.3, 0.4) is 0 Å². The Balaban J connectivity index is 1.51. The second kappa shape index (κ2) is 10.7. The Labute approximate surface area is 215 Å². The average Bonchev–Trinajstić information content (AvgIpc) is 3.49. The van der Waals surface area contributed by atoms with Gasteiger partial charge in [0.1, 0.15) is 12.6 Å². The predicted octanol–water partition coefficient (Wildman–Crippen LogP) is 4.09. The zero-order valence-corrected chi connectivity index (χ0v) is 20.6. The third kappa shape index (κ3) is 4.98. The Hall–Kier alpha value is -4.08.